The molecule has 14 heteroatoms. The Kier molecular flexibility index (Phi) is 7.16. The molecule has 0 spiro atoms. The van der Waals surface area contributed by atoms with Crippen LogP contribution in [-0.4, -0.2) is 58.7 Å². The van der Waals surface area contributed by atoms with Crippen molar-refractivity contribution in [2.24, 2.45) is 6.98 Å². The van der Waals surface area contributed by atoms with Crippen molar-refractivity contribution in [3.8, 4) is 11.3 Å². The molecule has 11 nitrogen and oxygen atoms in total. The Morgan fingerprint density at radius 2 is 1.79 bits per heavy atom. The molecule has 2 N–H and O–H groups in total. The molecular weight excluding hydrogens is 517 g/mol. The zero-order valence-electron chi connectivity index (χ0n) is 25.4. The van der Waals surface area contributed by atoms with Gasteiger partial charge in [-0.05, 0) is 53.2 Å². The zero-order chi connectivity index (χ0) is 31.7. The standard InChI is InChI=1S/C25H33F3N8O3/c1-15-29-11-17(12-30-15)19-9-20(25(26,27)28)34-36(19)14-24(5,6)33-21(37)18(8-16-10-31-35(7)13-16)32-22(38)39-23(2,3)4/h9-13,18H,8,14H2,1-7H3,(H,32,38)(H,33,37)/t18-/m1/s1/i7D3. The van der Waals surface area contributed by atoms with Gasteiger partial charge in [0.1, 0.15) is 17.5 Å². The summed E-state index contributed by atoms with van der Waals surface area (Å²) in [4.78, 5) is 34.1. The molecule has 2 amide bonds. The number of amides is 2. The Labute approximate surface area is 228 Å². The van der Waals surface area contributed by atoms with E-state index in [1.807, 2.05) is 0 Å². The third-order valence-electron chi connectivity index (χ3n) is 5.24. The average Bonchev–Trinajstić information content (AvgIpc) is 3.44. The second-order valence-electron chi connectivity index (χ2n) is 10.7. The lowest BCUT2D eigenvalue weighted by atomic mass is 10.0. The largest absolute Gasteiger partial charge is 0.444 e. The summed E-state index contributed by atoms with van der Waals surface area (Å²) < 4.78 is 70.3. The molecule has 3 rings (SSSR count). The summed E-state index contributed by atoms with van der Waals surface area (Å²) in [7, 11) is 0. The first-order valence-electron chi connectivity index (χ1n) is 13.4. The maximum Gasteiger partial charge on any atom is 0.435 e. The topological polar surface area (TPSA) is 129 Å². The van der Waals surface area contributed by atoms with Gasteiger partial charge in [0, 0.05) is 41.7 Å². The molecule has 0 aromatic carbocycles. The van der Waals surface area contributed by atoms with E-state index in [0.29, 0.717) is 17.0 Å². The molecule has 0 aliphatic heterocycles. The lowest BCUT2D eigenvalue weighted by Gasteiger charge is -2.30. The van der Waals surface area contributed by atoms with Crippen LogP contribution in [0.2, 0.25) is 0 Å². The first-order chi connectivity index (χ1) is 19.1. The second kappa shape index (κ2) is 11.0. The molecule has 1 atom stereocenters. The quantitative estimate of drug-likeness (QED) is 0.437. The molecule has 3 heterocycles. The monoisotopic (exact) mass is 553 g/mol. The fraction of sp³-hybridized carbons (Fsp3) is 0.520. The number of rotatable bonds is 8. The van der Waals surface area contributed by atoms with Crippen LogP contribution in [0, 0.1) is 6.92 Å². The van der Waals surface area contributed by atoms with Gasteiger partial charge < -0.3 is 15.4 Å². The average molecular weight is 554 g/mol. The molecule has 0 radical (unpaired) electrons. The minimum absolute atomic E-state index is 0.0881. The van der Waals surface area contributed by atoms with Gasteiger partial charge in [-0.3, -0.25) is 14.2 Å². The number of alkyl halides is 3. The predicted molar refractivity (Wildman–Crippen MR) is 135 cm³/mol. The van der Waals surface area contributed by atoms with E-state index in [1.54, 1.807) is 41.5 Å². The fourth-order valence-corrected chi connectivity index (χ4v) is 3.63. The number of ether oxygens (including phenoxy) is 1. The van der Waals surface area contributed by atoms with Crippen molar-refractivity contribution in [2.75, 3.05) is 0 Å². The number of nitrogens with zero attached hydrogens (tertiary/aromatic N) is 6. The zero-order valence-corrected chi connectivity index (χ0v) is 22.4. The van der Waals surface area contributed by atoms with Crippen molar-refractivity contribution < 1.29 is 31.6 Å². The number of aryl methyl sites for hydroxylation is 2. The highest BCUT2D eigenvalue weighted by molar-refractivity contribution is 5.86. The number of halogens is 3. The summed E-state index contributed by atoms with van der Waals surface area (Å²) in [6.45, 7) is 6.96. The van der Waals surface area contributed by atoms with E-state index in [-0.39, 0.29) is 18.7 Å². The second-order valence-corrected chi connectivity index (χ2v) is 10.7. The van der Waals surface area contributed by atoms with Crippen molar-refractivity contribution in [1.29, 1.82) is 0 Å². The number of hydrogen-bond acceptors (Lipinski definition) is 7. The molecule has 0 unspecified atom stereocenters. The van der Waals surface area contributed by atoms with Crippen LogP contribution in [-0.2, 0) is 35.6 Å². The van der Waals surface area contributed by atoms with Gasteiger partial charge in [-0.25, -0.2) is 14.8 Å². The van der Waals surface area contributed by atoms with Crippen molar-refractivity contribution in [3.63, 3.8) is 0 Å². The minimum Gasteiger partial charge on any atom is -0.444 e. The van der Waals surface area contributed by atoms with Crippen molar-refractivity contribution in [3.05, 3.63) is 47.9 Å². The van der Waals surface area contributed by atoms with Crippen LogP contribution >= 0.6 is 0 Å². The number of alkyl carbamates (subject to hydrolysis) is 1. The first-order valence-corrected chi connectivity index (χ1v) is 11.9. The summed E-state index contributed by atoms with van der Waals surface area (Å²) >= 11 is 0. The molecule has 0 fully saturated rings. The number of nitrogens with one attached hydrogen (secondary N) is 2. The Hall–Kier alpha value is -3.97. The summed E-state index contributed by atoms with van der Waals surface area (Å²) in [5.74, 6) is -0.266. The van der Waals surface area contributed by atoms with E-state index in [1.165, 1.54) is 24.8 Å². The van der Waals surface area contributed by atoms with E-state index in [2.05, 4.69) is 30.8 Å². The van der Waals surface area contributed by atoms with E-state index >= 15 is 0 Å². The normalized spacial score (nSPS) is 14.6. The summed E-state index contributed by atoms with van der Waals surface area (Å²) in [6.07, 6.45) is -0.527. The van der Waals surface area contributed by atoms with E-state index < -0.39 is 48.0 Å². The van der Waals surface area contributed by atoms with Gasteiger partial charge in [0.15, 0.2) is 5.69 Å². The van der Waals surface area contributed by atoms with Gasteiger partial charge in [0.25, 0.3) is 0 Å². The van der Waals surface area contributed by atoms with Gasteiger partial charge in [0.2, 0.25) is 5.91 Å². The smallest absolute Gasteiger partial charge is 0.435 e. The van der Waals surface area contributed by atoms with Crippen LogP contribution in [0.5, 0.6) is 0 Å². The summed E-state index contributed by atoms with van der Waals surface area (Å²) in [5, 5.41) is 12.8. The molecule has 0 aliphatic rings. The number of carbonyl (C=O) groups is 2. The van der Waals surface area contributed by atoms with Crippen LogP contribution in [0.25, 0.3) is 11.3 Å². The van der Waals surface area contributed by atoms with Gasteiger partial charge in [-0.1, -0.05) is 0 Å². The lowest BCUT2D eigenvalue weighted by Crippen LogP contribution is -2.55. The molecule has 3 aromatic heterocycles. The van der Waals surface area contributed by atoms with E-state index in [0.717, 1.165) is 15.4 Å². The van der Waals surface area contributed by atoms with Crippen molar-refractivity contribution >= 4 is 12.0 Å². The van der Waals surface area contributed by atoms with E-state index in [9.17, 15) is 22.8 Å². The number of aromatic nitrogens is 6. The first kappa shape index (κ1) is 25.3. The van der Waals surface area contributed by atoms with Crippen molar-refractivity contribution in [1.82, 2.24) is 40.2 Å². The van der Waals surface area contributed by atoms with Gasteiger partial charge in [-0.2, -0.15) is 23.4 Å². The molecule has 0 aliphatic carbocycles. The van der Waals surface area contributed by atoms with Crippen LogP contribution in [0.15, 0.2) is 30.9 Å². The molecular formula is C25H33F3N8O3. The number of carbonyl (C=O) groups excluding carboxylic acids is 2. The Morgan fingerprint density at radius 1 is 1.13 bits per heavy atom. The fourth-order valence-electron chi connectivity index (χ4n) is 3.63. The SMILES string of the molecule is [2H]C([2H])([2H])n1cc(C[C@@H](NC(=O)OC(C)(C)C)C(=O)NC(C)(C)Cn2nc(C(F)(F)F)cc2-c2cnc(C)nc2)cn1. The Morgan fingerprint density at radius 3 is 2.36 bits per heavy atom. The third kappa shape index (κ3) is 8.52. The molecule has 0 saturated heterocycles. The van der Waals surface area contributed by atoms with Crippen LogP contribution in [0.3, 0.4) is 0 Å². The van der Waals surface area contributed by atoms with Crippen LogP contribution in [0.1, 0.15) is 55.8 Å². The summed E-state index contributed by atoms with van der Waals surface area (Å²) in [6, 6.07) is -0.372. The highest BCUT2D eigenvalue weighted by Crippen LogP contribution is 2.32. The molecule has 0 bridgehead atoms. The summed E-state index contributed by atoms with van der Waals surface area (Å²) in [5.41, 5.74) is -2.47. The third-order valence-corrected chi connectivity index (χ3v) is 5.24. The Balaban J connectivity index is 1.87. The van der Waals surface area contributed by atoms with Crippen molar-refractivity contribution in [2.45, 2.75) is 77.9 Å². The van der Waals surface area contributed by atoms with Crippen LogP contribution in [0.4, 0.5) is 18.0 Å². The molecule has 39 heavy (non-hydrogen) atoms. The predicted octanol–water partition coefficient (Wildman–Crippen LogP) is 3.43. The number of hydrogen-bond donors (Lipinski definition) is 2. The maximum absolute atomic E-state index is 13.6. The Bertz CT molecular complexity index is 1410. The molecule has 212 valence electrons. The van der Waals surface area contributed by atoms with Crippen LogP contribution < -0.4 is 10.6 Å². The molecule has 3 aromatic rings. The van der Waals surface area contributed by atoms with E-state index in [4.69, 9.17) is 8.85 Å². The highest BCUT2D eigenvalue weighted by atomic mass is 19.4. The minimum atomic E-state index is -4.72. The maximum atomic E-state index is 13.6. The van der Waals surface area contributed by atoms with Gasteiger partial charge >= 0.3 is 12.3 Å². The molecule has 0 saturated carbocycles. The van der Waals surface area contributed by atoms with Gasteiger partial charge in [-0.15, -0.1) is 0 Å². The van der Waals surface area contributed by atoms with Gasteiger partial charge in [0.05, 0.1) is 24.0 Å². The highest BCUT2D eigenvalue weighted by Gasteiger charge is 2.36. The lowest BCUT2D eigenvalue weighted by molar-refractivity contribution is -0.141.